The monoisotopic (exact) mass is 216 g/mol. The molecule has 2 rings (SSSR count). The Balaban J connectivity index is 0.000000509. The normalized spacial score (nSPS) is 8.62. The molecular weight excluding hydrogens is 192 g/mol. The molecule has 0 spiro atoms. The van der Waals surface area contributed by atoms with Crippen LogP contribution in [0.5, 0.6) is 0 Å². The minimum Gasteiger partial charge on any atom is -0.0683 e. The molecule has 0 radical (unpaired) electrons. The quantitative estimate of drug-likeness (QED) is 0.544. The van der Waals surface area contributed by atoms with Crippen molar-refractivity contribution in [2.24, 2.45) is 0 Å². The van der Waals surface area contributed by atoms with E-state index in [1.165, 1.54) is 21.9 Å². The average molecular weight is 216 g/mol. The largest absolute Gasteiger partial charge is 0.0683 e. The van der Waals surface area contributed by atoms with Crippen molar-refractivity contribution in [1.82, 2.24) is 0 Å². The standard InChI is InChI=1S/C12H12.2C2H6/c1-9-7-11-5-3-4-6-12(11)8-10(9)2;2*1-2/h3-8H,1-2H3;2*1-2H3. The van der Waals surface area contributed by atoms with Crippen molar-refractivity contribution in [2.75, 3.05) is 0 Å². The Labute approximate surface area is 100 Å². The van der Waals surface area contributed by atoms with Gasteiger partial charge in [0.2, 0.25) is 0 Å². The number of hydrogen-bond donors (Lipinski definition) is 0. The first-order valence-electron chi connectivity index (χ1n) is 6.23. The summed E-state index contributed by atoms with van der Waals surface area (Å²) in [5.74, 6) is 0. The van der Waals surface area contributed by atoms with E-state index in [0.29, 0.717) is 0 Å². The maximum absolute atomic E-state index is 2.24. The van der Waals surface area contributed by atoms with Crippen molar-refractivity contribution in [1.29, 1.82) is 0 Å². The molecule has 0 aliphatic heterocycles. The molecule has 0 heteroatoms. The molecule has 0 unspecified atom stereocenters. The van der Waals surface area contributed by atoms with Gasteiger partial charge in [0.05, 0.1) is 0 Å². The second-order valence-corrected chi connectivity index (χ2v) is 3.28. The number of aryl methyl sites for hydroxylation is 2. The van der Waals surface area contributed by atoms with Crippen molar-refractivity contribution in [3.8, 4) is 0 Å². The second-order valence-electron chi connectivity index (χ2n) is 3.28. The molecule has 0 aliphatic carbocycles. The fraction of sp³-hybridized carbons (Fsp3) is 0.375. The van der Waals surface area contributed by atoms with Gasteiger partial charge in [0, 0.05) is 0 Å². The van der Waals surface area contributed by atoms with Crippen LogP contribution in [-0.4, -0.2) is 0 Å². The SMILES string of the molecule is CC.CC.Cc1cc2ccccc2cc1C. The zero-order valence-electron chi connectivity index (χ0n) is 11.5. The molecule has 0 N–H and O–H groups in total. The van der Waals surface area contributed by atoms with E-state index in [0.717, 1.165) is 0 Å². The van der Waals surface area contributed by atoms with E-state index >= 15 is 0 Å². The fourth-order valence-corrected chi connectivity index (χ4v) is 1.47. The molecule has 0 nitrogen and oxygen atoms in total. The van der Waals surface area contributed by atoms with Gasteiger partial charge in [-0.3, -0.25) is 0 Å². The van der Waals surface area contributed by atoms with Crippen LogP contribution in [0, 0.1) is 13.8 Å². The molecule has 16 heavy (non-hydrogen) atoms. The lowest BCUT2D eigenvalue weighted by atomic mass is 10.0. The zero-order chi connectivity index (χ0) is 12.6. The summed E-state index contributed by atoms with van der Waals surface area (Å²) in [6.07, 6.45) is 0. The van der Waals surface area contributed by atoms with Crippen LogP contribution in [-0.2, 0) is 0 Å². The highest BCUT2D eigenvalue weighted by molar-refractivity contribution is 5.83. The second kappa shape index (κ2) is 7.92. The topological polar surface area (TPSA) is 0 Å². The van der Waals surface area contributed by atoms with Crippen LogP contribution in [0.15, 0.2) is 36.4 Å². The molecule has 88 valence electrons. The highest BCUT2D eigenvalue weighted by Gasteiger charge is 1.95. The number of benzene rings is 2. The molecule has 0 aliphatic rings. The van der Waals surface area contributed by atoms with E-state index < -0.39 is 0 Å². The first-order chi connectivity index (χ1) is 7.77. The summed E-state index contributed by atoms with van der Waals surface area (Å²) in [7, 11) is 0. The minimum atomic E-state index is 1.33. The van der Waals surface area contributed by atoms with Gasteiger partial charge in [-0.1, -0.05) is 64.1 Å². The van der Waals surface area contributed by atoms with Crippen LogP contribution < -0.4 is 0 Å². The maximum Gasteiger partial charge on any atom is -0.0181 e. The molecule has 0 saturated carbocycles. The van der Waals surface area contributed by atoms with E-state index in [-0.39, 0.29) is 0 Å². The molecule has 0 heterocycles. The van der Waals surface area contributed by atoms with Gasteiger partial charge in [-0.15, -0.1) is 0 Å². The smallest absolute Gasteiger partial charge is 0.0181 e. The van der Waals surface area contributed by atoms with Crippen LogP contribution in [0.3, 0.4) is 0 Å². The third-order valence-corrected chi connectivity index (χ3v) is 2.36. The van der Waals surface area contributed by atoms with Crippen molar-refractivity contribution in [3.05, 3.63) is 47.5 Å². The van der Waals surface area contributed by atoms with Gasteiger partial charge < -0.3 is 0 Å². The van der Waals surface area contributed by atoms with E-state index in [1.54, 1.807) is 0 Å². The summed E-state index contributed by atoms with van der Waals surface area (Å²) in [5, 5.41) is 2.67. The third kappa shape index (κ3) is 3.69. The zero-order valence-corrected chi connectivity index (χ0v) is 11.5. The summed E-state index contributed by atoms with van der Waals surface area (Å²) >= 11 is 0. The summed E-state index contributed by atoms with van der Waals surface area (Å²) in [6.45, 7) is 12.3. The molecule has 0 saturated heterocycles. The van der Waals surface area contributed by atoms with Crippen molar-refractivity contribution in [3.63, 3.8) is 0 Å². The average Bonchev–Trinajstić information content (AvgIpc) is 2.36. The van der Waals surface area contributed by atoms with Crippen LogP contribution in [0.1, 0.15) is 38.8 Å². The van der Waals surface area contributed by atoms with Gasteiger partial charge in [-0.25, -0.2) is 0 Å². The highest BCUT2D eigenvalue weighted by Crippen LogP contribution is 2.18. The van der Waals surface area contributed by atoms with Gasteiger partial charge in [0.25, 0.3) is 0 Å². The number of hydrogen-bond acceptors (Lipinski definition) is 0. The predicted molar refractivity (Wildman–Crippen MR) is 76.1 cm³/mol. The molecular formula is C16H24. The van der Waals surface area contributed by atoms with Crippen LogP contribution in [0.4, 0.5) is 0 Å². The number of rotatable bonds is 0. The first-order valence-corrected chi connectivity index (χ1v) is 6.23. The van der Waals surface area contributed by atoms with E-state index in [2.05, 4.69) is 50.2 Å². The summed E-state index contributed by atoms with van der Waals surface area (Å²) in [6, 6.07) is 13.0. The predicted octanol–water partition coefficient (Wildman–Crippen LogP) is 5.51. The van der Waals surface area contributed by atoms with Crippen LogP contribution >= 0.6 is 0 Å². The summed E-state index contributed by atoms with van der Waals surface area (Å²) in [4.78, 5) is 0. The first kappa shape index (κ1) is 14.7. The van der Waals surface area contributed by atoms with Gasteiger partial charge in [0.1, 0.15) is 0 Å². The summed E-state index contributed by atoms with van der Waals surface area (Å²) < 4.78 is 0. The van der Waals surface area contributed by atoms with E-state index in [4.69, 9.17) is 0 Å². The van der Waals surface area contributed by atoms with Gasteiger partial charge in [-0.2, -0.15) is 0 Å². The lowest BCUT2D eigenvalue weighted by Crippen LogP contribution is -1.80. The maximum atomic E-state index is 2.24. The van der Waals surface area contributed by atoms with Crippen molar-refractivity contribution < 1.29 is 0 Å². The minimum absolute atomic E-state index is 1.33. The van der Waals surface area contributed by atoms with Gasteiger partial charge in [0.15, 0.2) is 0 Å². The molecule has 0 amide bonds. The fourth-order valence-electron chi connectivity index (χ4n) is 1.47. The Hall–Kier alpha value is -1.30. The number of fused-ring (bicyclic) bond motifs is 1. The molecule has 0 atom stereocenters. The van der Waals surface area contributed by atoms with Gasteiger partial charge in [-0.05, 0) is 35.7 Å². The lowest BCUT2D eigenvalue weighted by molar-refractivity contribution is 1.37. The Morgan fingerprint density at radius 3 is 1.25 bits per heavy atom. The van der Waals surface area contributed by atoms with Crippen molar-refractivity contribution in [2.45, 2.75) is 41.5 Å². The molecule has 0 fully saturated rings. The summed E-state index contributed by atoms with van der Waals surface area (Å²) in [5.41, 5.74) is 2.74. The molecule has 2 aromatic rings. The van der Waals surface area contributed by atoms with Crippen molar-refractivity contribution >= 4 is 10.8 Å². The van der Waals surface area contributed by atoms with E-state index in [1.807, 2.05) is 27.7 Å². The molecule has 0 aromatic heterocycles. The molecule has 0 bridgehead atoms. The Morgan fingerprint density at radius 1 is 0.625 bits per heavy atom. The van der Waals surface area contributed by atoms with Crippen LogP contribution in [0.2, 0.25) is 0 Å². The third-order valence-electron chi connectivity index (χ3n) is 2.36. The Kier molecular flexibility index (Phi) is 7.28. The molecule has 2 aromatic carbocycles. The lowest BCUT2D eigenvalue weighted by Gasteiger charge is -2.02. The van der Waals surface area contributed by atoms with E-state index in [9.17, 15) is 0 Å². The van der Waals surface area contributed by atoms with Crippen LogP contribution in [0.25, 0.3) is 10.8 Å². The Bertz CT molecular complexity index is 373. The highest BCUT2D eigenvalue weighted by atomic mass is 14.0. The van der Waals surface area contributed by atoms with Gasteiger partial charge >= 0.3 is 0 Å². The Morgan fingerprint density at radius 2 is 0.938 bits per heavy atom.